The van der Waals surface area contributed by atoms with E-state index in [1.165, 1.54) is 103 Å². The van der Waals surface area contributed by atoms with E-state index in [2.05, 4.69) is 32.7 Å². The lowest BCUT2D eigenvalue weighted by atomic mass is 10.2. The Morgan fingerprint density at radius 1 is 0.500 bits per heavy atom. The summed E-state index contributed by atoms with van der Waals surface area (Å²) in [5.41, 5.74) is 0. The molecule has 2 heteroatoms. The largest absolute Gasteiger partial charge is 0.255 e. The van der Waals surface area contributed by atoms with Crippen LogP contribution in [0.4, 0.5) is 0 Å². The second-order valence-electron chi connectivity index (χ2n) is 6.88. The van der Waals surface area contributed by atoms with Crippen LogP contribution >= 0.6 is 0 Å². The molecule has 0 aromatic carbocycles. The van der Waals surface area contributed by atoms with E-state index in [9.17, 15) is 0 Å². The number of nitrogens with one attached hydrogen (secondary N) is 1. The molecule has 0 unspecified atom stereocenters. The lowest BCUT2D eigenvalue weighted by molar-refractivity contribution is -1.02. The Morgan fingerprint density at radius 3 is 1.27 bits per heavy atom. The molecule has 0 saturated carbocycles. The van der Waals surface area contributed by atoms with Gasteiger partial charge in [-0.15, -0.1) is 0 Å². The first-order chi connectivity index (χ1) is 10.8. The van der Waals surface area contributed by atoms with Crippen molar-refractivity contribution in [1.29, 1.82) is 0 Å². The molecule has 0 aliphatic heterocycles. The number of unbranched alkanes of at least 4 members (excludes halogenated alkanes) is 8. The summed E-state index contributed by atoms with van der Waals surface area (Å²) in [7, 11) is 0. The van der Waals surface area contributed by atoms with Crippen LogP contribution in [0.2, 0.25) is 0 Å². The number of hydrogen-bond acceptors (Lipinski definition) is 1. The van der Waals surface area contributed by atoms with E-state index in [0.717, 1.165) is 0 Å². The first-order valence-corrected chi connectivity index (χ1v) is 10.4. The lowest BCUT2D eigenvalue weighted by Crippen LogP contribution is -3.18. The van der Waals surface area contributed by atoms with Gasteiger partial charge in [0.1, 0.15) is 0 Å². The van der Waals surface area contributed by atoms with Gasteiger partial charge in [0.25, 0.3) is 0 Å². The number of nitrogens with zero attached hydrogens (tertiary/aromatic N) is 1. The quantitative estimate of drug-likeness (QED) is 0.298. The predicted molar refractivity (Wildman–Crippen MR) is 100 cm³/mol. The van der Waals surface area contributed by atoms with Gasteiger partial charge in [0.05, 0.1) is 13.1 Å². The highest BCUT2D eigenvalue weighted by molar-refractivity contribution is 4.51. The number of rotatable bonds is 17. The van der Waals surface area contributed by atoms with Crippen LogP contribution in [0.15, 0.2) is 0 Å². The third-order valence-corrected chi connectivity index (χ3v) is 4.65. The molecule has 0 fully saturated rings. The van der Waals surface area contributed by atoms with Crippen molar-refractivity contribution in [3.8, 4) is 0 Å². The summed E-state index contributed by atoms with van der Waals surface area (Å²) in [4.78, 5) is 0. The third-order valence-electron chi connectivity index (χ3n) is 4.65. The molecule has 0 aliphatic rings. The molecule has 0 heterocycles. The highest BCUT2D eigenvalue weighted by Crippen LogP contribution is 2.03. The van der Waals surface area contributed by atoms with Gasteiger partial charge >= 0.3 is 0 Å². The van der Waals surface area contributed by atoms with Gasteiger partial charge < -0.3 is 0 Å². The summed E-state index contributed by atoms with van der Waals surface area (Å²) >= 11 is 0. The second-order valence-corrected chi connectivity index (χ2v) is 6.88. The van der Waals surface area contributed by atoms with Crippen LogP contribution in [0.3, 0.4) is 0 Å². The summed E-state index contributed by atoms with van der Waals surface area (Å²) in [6, 6.07) is 0. The molecule has 1 N–H and O–H groups in total. The minimum absolute atomic E-state index is 1.31. The normalized spacial score (nSPS) is 11.7. The smallest absolute Gasteiger partial charge is 0.0947 e. The first kappa shape index (κ1) is 21.9. The minimum Gasteiger partial charge on any atom is -0.255 e. The van der Waals surface area contributed by atoms with Gasteiger partial charge in [0.2, 0.25) is 0 Å². The molecule has 22 heavy (non-hydrogen) atoms. The van der Waals surface area contributed by atoms with Gasteiger partial charge in [-0.1, -0.05) is 79.1 Å². The van der Waals surface area contributed by atoms with Crippen molar-refractivity contribution >= 4 is 0 Å². The number of quaternary nitrogens is 1. The highest BCUT2D eigenvalue weighted by atomic mass is 15.6. The Hall–Kier alpha value is -0.0800. The van der Waals surface area contributed by atoms with E-state index >= 15 is 0 Å². The zero-order valence-corrected chi connectivity index (χ0v) is 16.3. The van der Waals surface area contributed by atoms with Crippen LogP contribution in [0.5, 0.6) is 0 Å². The maximum absolute atomic E-state index is 2.79. The van der Waals surface area contributed by atoms with Crippen molar-refractivity contribution < 1.29 is 5.01 Å². The molecular formula is C20H45N2+. The van der Waals surface area contributed by atoms with Crippen LogP contribution < -0.4 is 5.01 Å². The van der Waals surface area contributed by atoms with E-state index < -0.39 is 0 Å². The summed E-state index contributed by atoms with van der Waals surface area (Å²) in [5, 5.41) is 4.56. The Labute approximate surface area is 141 Å². The standard InChI is InChI=1S/C20H44N2/c1-5-9-13-15-19-22(20-16-14-10-6-2)21(17-11-7-3)18-12-8-4/h5-20H2,1-4H3/p+1. The maximum Gasteiger partial charge on any atom is 0.0947 e. The molecule has 0 spiro atoms. The Morgan fingerprint density at radius 2 is 0.909 bits per heavy atom. The Bertz CT molecular complexity index is 186. The van der Waals surface area contributed by atoms with Gasteiger partial charge in [0.15, 0.2) is 0 Å². The monoisotopic (exact) mass is 313 g/mol. The second kappa shape index (κ2) is 17.3. The zero-order chi connectivity index (χ0) is 16.5. The highest BCUT2D eigenvalue weighted by Gasteiger charge is 2.17. The van der Waals surface area contributed by atoms with E-state index in [0.29, 0.717) is 0 Å². The van der Waals surface area contributed by atoms with E-state index in [1.54, 1.807) is 5.01 Å². The molecule has 0 radical (unpaired) electrons. The zero-order valence-electron chi connectivity index (χ0n) is 16.3. The van der Waals surface area contributed by atoms with Crippen molar-refractivity contribution in [2.75, 3.05) is 26.2 Å². The first-order valence-electron chi connectivity index (χ1n) is 10.4. The van der Waals surface area contributed by atoms with Crippen LogP contribution in [-0.4, -0.2) is 31.2 Å². The van der Waals surface area contributed by atoms with Crippen molar-refractivity contribution in [2.45, 2.75) is 105 Å². The van der Waals surface area contributed by atoms with Gasteiger partial charge in [-0.05, 0) is 25.7 Å². The fraction of sp³-hybridized carbons (Fsp3) is 1.00. The van der Waals surface area contributed by atoms with Gasteiger partial charge in [-0.25, -0.2) is 0 Å². The Balaban J connectivity index is 4.35. The molecule has 0 atom stereocenters. The van der Waals surface area contributed by atoms with Crippen molar-refractivity contribution in [3.05, 3.63) is 0 Å². The van der Waals surface area contributed by atoms with Crippen molar-refractivity contribution in [1.82, 2.24) is 5.01 Å². The maximum atomic E-state index is 2.79. The van der Waals surface area contributed by atoms with Crippen LogP contribution in [0.1, 0.15) is 105 Å². The molecule has 0 rings (SSSR count). The van der Waals surface area contributed by atoms with Crippen molar-refractivity contribution in [3.63, 3.8) is 0 Å². The van der Waals surface area contributed by atoms with E-state index in [1.807, 2.05) is 0 Å². The van der Waals surface area contributed by atoms with Crippen molar-refractivity contribution in [2.24, 2.45) is 0 Å². The predicted octanol–water partition coefficient (Wildman–Crippen LogP) is 4.85. The van der Waals surface area contributed by atoms with Gasteiger partial charge in [0, 0.05) is 13.1 Å². The average molecular weight is 314 g/mol. The minimum atomic E-state index is 1.31. The summed E-state index contributed by atoms with van der Waals surface area (Å²) in [6.45, 7) is 14.6. The molecule has 134 valence electrons. The van der Waals surface area contributed by atoms with E-state index in [-0.39, 0.29) is 0 Å². The molecule has 0 aromatic heterocycles. The summed E-state index contributed by atoms with van der Waals surface area (Å²) in [5.74, 6) is 0. The van der Waals surface area contributed by atoms with E-state index in [4.69, 9.17) is 0 Å². The lowest BCUT2D eigenvalue weighted by Gasteiger charge is -2.31. The molecule has 2 nitrogen and oxygen atoms in total. The third kappa shape index (κ3) is 12.5. The fourth-order valence-corrected chi connectivity index (χ4v) is 3.09. The van der Waals surface area contributed by atoms with Gasteiger partial charge in [-0.2, -0.15) is 5.01 Å². The topological polar surface area (TPSA) is 7.68 Å². The molecule has 0 aliphatic carbocycles. The number of hydrogen-bond donors (Lipinski definition) is 1. The van der Waals surface area contributed by atoms with Gasteiger partial charge in [-0.3, -0.25) is 5.01 Å². The summed E-state index contributed by atoms with van der Waals surface area (Å²) < 4.78 is 0. The SMILES string of the molecule is CCCCCCN(CCCCCC)[NH+](CCCC)CCCC. The van der Waals surface area contributed by atoms with Crippen LogP contribution in [-0.2, 0) is 0 Å². The Kier molecular flexibility index (Phi) is 17.2. The molecule has 0 aromatic rings. The molecule has 0 bridgehead atoms. The molecule has 0 saturated heterocycles. The average Bonchev–Trinajstić information content (AvgIpc) is 2.54. The fourth-order valence-electron chi connectivity index (χ4n) is 3.09. The van der Waals surface area contributed by atoms with Crippen LogP contribution in [0.25, 0.3) is 0 Å². The van der Waals surface area contributed by atoms with Crippen LogP contribution in [0, 0.1) is 0 Å². The summed E-state index contributed by atoms with van der Waals surface area (Å²) in [6.07, 6.45) is 16.5. The molecule has 0 amide bonds. The molecular weight excluding hydrogens is 268 g/mol.